The predicted octanol–water partition coefficient (Wildman–Crippen LogP) is 2.96. The molecule has 0 aromatic heterocycles. The largest absolute Gasteiger partial charge is 0.410 e. The zero-order valence-electron chi connectivity index (χ0n) is 10.4. The molecule has 18 heavy (non-hydrogen) atoms. The van der Waals surface area contributed by atoms with E-state index in [1.54, 1.807) is 0 Å². The van der Waals surface area contributed by atoms with Crippen molar-refractivity contribution in [3.63, 3.8) is 0 Å². The van der Waals surface area contributed by atoms with Crippen LogP contribution in [0.5, 0.6) is 0 Å². The zero-order valence-corrected chi connectivity index (χ0v) is 10.4. The minimum Gasteiger partial charge on any atom is -0.410 e. The molecule has 0 bridgehead atoms. The number of hydrogen-bond donors (Lipinski definition) is 1. The smallest absolute Gasteiger partial charge is 0.118 e. The van der Waals surface area contributed by atoms with Gasteiger partial charge in [-0.1, -0.05) is 35.5 Å². The van der Waals surface area contributed by atoms with Gasteiger partial charge in [-0.05, 0) is 23.3 Å². The molecule has 90 valence electrons. The summed E-state index contributed by atoms with van der Waals surface area (Å²) in [5, 5.41) is 12.7. The number of oxime groups is 1. The van der Waals surface area contributed by atoms with E-state index in [4.69, 9.17) is 0 Å². The summed E-state index contributed by atoms with van der Waals surface area (Å²) in [6.45, 7) is 0. The monoisotopic (exact) mass is 238 g/mol. The number of hydrogen-bond acceptors (Lipinski definition) is 3. The highest BCUT2D eigenvalue weighted by Gasteiger charge is 2.25. The van der Waals surface area contributed by atoms with Crippen LogP contribution in [0.1, 0.15) is 11.1 Å². The molecule has 0 fully saturated rings. The van der Waals surface area contributed by atoms with Crippen LogP contribution in [0.4, 0.5) is 5.69 Å². The first-order chi connectivity index (χ1) is 8.72. The zero-order chi connectivity index (χ0) is 12.7. The third-order valence-electron chi connectivity index (χ3n) is 3.35. The summed E-state index contributed by atoms with van der Waals surface area (Å²) in [7, 11) is 4.00. The van der Waals surface area contributed by atoms with Crippen molar-refractivity contribution in [1.29, 1.82) is 0 Å². The van der Waals surface area contributed by atoms with E-state index in [2.05, 4.69) is 29.4 Å². The van der Waals surface area contributed by atoms with E-state index in [1.165, 1.54) is 0 Å². The Kier molecular flexibility index (Phi) is 2.33. The molecule has 3 rings (SSSR count). The molecule has 2 aromatic carbocycles. The second-order valence-corrected chi connectivity index (χ2v) is 4.62. The van der Waals surface area contributed by atoms with Crippen molar-refractivity contribution in [2.45, 2.75) is 0 Å². The van der Waals surface area contributed by atoms with Gasteiger partial charge in [0, 0.05) is 30.9 Å². The summed E-state index contributed by atoms with van der Waals surface area (Å²) in [4.78, 5) is 2.04. The van der Waals surface area contributed by atoms with Crippen molar-refractivity contribution in [2.75, 3.05) is 19.0 Å². The average Bonchev–Trinajstić information content (AvgIpc) is 2.71. The van der Waals surface area contributed by atoms with Crippen LogP contribution in [-0.2, 0) is 0 Å². The lowest BCUT2D eigenvalue weighted by Crippen LogP contribution is -2.09. The van der Waals surface area contributed by atoms with Gasteiger partial charge in [0.25, 0.3) is 0 Å². The van der Waals surface area contributed by atoms with Gasteiger partial charge < -0.3 is 10.1 Å². The van der Waals surface area contributed by atoms with Gasteiger partial charge in [0.2, 0.25) is 0 Å². The Morgan fingerprint density at radius 3 is 2.22 bits per heavy atom. The topological polar surface area (TPSA) is 35.8 Å². The number of anilines is 1. The lowest BCUT2D eigenvalue weighted by Gasteiger charge is -2.13. The summed E-state index contributed by atoms with van der Waals surface area (Å²) >= 11 is 0. The van der Waals surface area contributed by atoms with Gasteiger partial charge in [0.05, 0.1) is 0 Å². The second kappa shape index (κ2) is 3.88. The van der Waals surface area contributed by atoms with Crippen molar-refractivity contribution in [3.05, 3.63) is 53.6 Å². The van der Waals surface area contributed by atoms with Gasteiger partial charge in [-0.3, -0.25) is 0 Å². The van der Waals surface area contributed by atoms with E-state index in [0.717, 1.165) is 27.9 Å². The van der Waals surface area contributed by atoms with Crippen molar-refractivity contribution >= 4 is 11.4 Å². The molecule has 1 aliphatic carbocycles. The standard InChI is InChI=1S/C15H14N2O/c1-17(2)10-7-8-12-11-5-3-4-6-13(11)15(16-18)14(12)9-10/h3-9,18H,1-2H3/b16-15+. The molecule has 2 aromatic rings. The fourth-order valence-corrected chi connectivity index (χ4v) is 2.42. The highest BCUT2D eigenvalue weighted by Crippen LogP contribution is 2.38. The third-order valence-corrected chi connectivity index (χ3v) is 3.35. The Labute approximate surface area is 106 Å². The molecule has 0 radical (unpaired) electrons. The van der Waals surface area contributed by atoms with Gasteiger partial charge in [0.1, 0.15) is 5.71 Å². The molecule has 1 aliphatic rings. The van der Waals surface area contributed by atoms with E-state index < -0.39 is 0 Å². The summed E-state index contributed by atoms with van der Waals surface area (Å²) in [6, 6.07) is 14.2. The minimum atomic E-state index is 0.657. The Morgan fingerprint density at radius 2 is 1.56 bits per heavy atom. The predicted molar refractivity (Wildman–Crippen MR) is 73.6 cm³/mol. The van der Waals surface area contributed by atoms with Gasteiger partial charge >= 0.3 is 0 Å². The molecule has 3 nitrogen and oxygen atoms in total. The van der Waals surface area contributed by atoms with E-state index >= 15 is 0 Å². The van der Waals surface area contributed by atoms with Crippen molar-refractivity contribution in [2.24, 2.45) is 5.16 Å². The molecule has 0 aliphatic heterocycles. The van der Waals surface area contributed by atoms with Crippen LogP contribution in [0.15, 0.2) is 47.6 Å². The molecular formula is C15H14N2O. The highest BCUT2D eigenvalue weighted by atomic mass is 16.4. The van der Waals surface area contributed by atoms with E-state index in [0.29, 0.717) is 5.71 Å². The highest BCUT2D eigenvalue weighted by molar-refractivity contribution is 6.24. The number of nitrogens with zero attached hydrogens (tertiary/aromatic N) is 2. The first-order valence-corrected chi connectivity index (χ1v) is 5.86. The maximum Gasteiger partial charge on any atom is 0.118 e. The average molecular weight is 238 g/mol. The van der Waals surface area contributed by atoms with Crippen LogP contribution in [0, 0.1) is 0 Å². The van der Waals surface area contributed by atoms with Crippen LogP contribution in [0.3, 0.4) is 0 Å². The van der Waals surface area contributed by atoms with Gasteiger partial charge in [-0.2, -0.15) is 0 Å². The molecule has 3 heteroatoms. The summed E-state index contributed by atoms with van der Waals surface area (Å²) in [5.74, 6) is 0. The maximum atomic E-state index is 9.26. The van der Waals surface area contributed by atoms with Crippen LogP contribution < -0.4 is 4.90 Å². The Bertz CT molecular complexity index is 645. The van der Waals surface area contributed by atoms with Gasteiger partial charge in [-0.15, -0.1) is 0 Å². The third kappa shape index (κ3) is 1.40. The number of fused-ring (bicyclic) bond motifs is 3. The SMILES string of the molecule is CN(C)c1ccc2c(c1)/C(=N/O)c1ccccc1-2. The van der Waals surface area contributed by atoms with Crippen molar-refractivity contribution in [1.82, 2.24) is 0 Å². The first kappa shape index (κ1) is 10.8. The Hall–Kier alpha value is -2.29. The Morgan fingerprint density at radius 1 is 0.889 bits per heavy atom. The van der Waals surface area contributed by atoms with Gasteiger partial charge in [-0.25, -0.2) is 0 Å². The molecule has 0 saturated heterocycles. The molecule has 0 spiro atoms. The first-order valence-electron chi connectivity index (χ1n) is 5.86. The number of benzene rings is 2. The molecule has 0 heterocycles. The molecule has 0 unspecified atom stereocenters. The van der Waals surface area contributed by atoms with Crippen molar-refractivity contribution < 1.29 is 5.21 Å². The molecule has 0 amide bonds. The maximum absolute atomic E-state index is 9.26. The minimum absolute atomic E-state index is 0.657. The Balaban J connectivity index is 2.28. The fraction of sp³-hybridized carbons (Fsp3) is 0.133. The van der Waals surface area contributed by atoms with Crippen LogP contribution >= 0.6 is 0 Å². The van der Waals surface area contributed by atoms with E-state index in [-0.39, 0.29) is 0 Å². The molecule has 0 atom stereocenters. The quantitative estimate of drug-likeness (QED) is 0.522. The van der Waals surface area contributed by atoms with Crippen LogP contribution in [0.2, 0.25) is 0 Å². The lowest BCUT2D eigenvalue weighted by molar-refractivity contribution is 0.320. The summed E-state index contributed by atoms with van der Waals surface area (Å²) < 4.78 is 0. The summed E-state index contributed by atoms with van der Waals surface area (Å²) in [6.07, 6.45) is 0. The van der Waals surface area contributed by atoms with E-state index in [9.17, 15) is 5.21 Å². The number of rotatable bonds is 1. The lowest BCUT2D eigenvalue weighted by atomic mass is 10.1. The van der Waals surface area contributed by atoms with E-state index in [1.807, 2.05) is 37.2 Å². The summed E-state index contributed by atoms with van der Waals surface area (Å²) in [5.41, 5.74) is 6.00. The van der Waals surface area contributed by atoms with Crippen molar-refractivity contribution in [3.8, 4) is 11.1 Å². The van der Waals surface area contributed by atoms with Gasteiger partial charge in [0.15, 0.2) is 0 Å². The molecule has 0 saturated carbocycles. The fourth-order valence-electron chi connectivity index (χ4n) is 2.42. The molecular weight excluding hydrogens is 224 g/mol. The normalized spacial score (nSPS) is 14.4. The van der Waals surface area contributed by atoms with Crippen LogP contribution in [-0.4, -0.2) is 25.0 Å². The second-order valence-electron chi connectivity index (χ2n) is 4.62. The molecule has 1 N–H and O–H groups in total. The van der Waals surface area contributed by atoms with Crippen LogP contribution in [0.25, 0.3) is 11.1 Å².